The molecule has 10 aromatic rings. The molecule has 10 aromatic carbocycles. The Balaban J connectivity index is 0.000000182. The highest BCUT2D eigenvalue weighted by Gasteiger charge is 2.43. The fourth-order valence-corrected chi connectivity index (χ4v) is 11.2. The zero-order valence-corrected chi connectivity index (χ0v) is 65.2. The molecule has 0 saturated heterocycles. The average Bonchev–Trinajstić information content (AvgIpc) is 0.740. The molecule has 0 N–H and O–H groups in total. The molecule has 0 bridgehead atoms. The second-order valence-corrected chi connectivity index (χ2v) is 31.1. The van der Waals surface area contributed by atoms with Crippen molar-refractivity contribution in [3.8, 4) is 0 Å². The van der Waals surface area contributed by atoms with Crippen molar-refractivity contribution in [1.82, 2.24) is 0 Å². The summed E-state index contributed by atoms with van der Waals surface area (Å²) in [7, 11) is 0. The molecule has 11 rings (SSSR count). The van der Waals surface area contributed by atoms with Crippen LogP contribution in [0.15, 0.2) is 237 Å². The Labute approximate surface area is 620 Å². The predicted octanol–water partition coefficient (Wildman–Crippen LogP) is 23.8. The maximum Gasteiger partial charge on any atom is 0.312 e. The number of carbonyl (C=O) groups is 5. The van der Waals surface area contributed by atoms with Crippen LogP contribution >= 0.6 is 0 Å². The van der Waals surface area contributed by atoms with Crippen LogP contribution in [0.2, 0.25) is 0 Å². The van der Waals surface area contributed by atoms with Crippen LogP contribution in [0.3, 0.4) is 0 Å². The number of ether oxygens (including phenoxy) is 5. The lowest BCUT2D eigenvalue weighted by Gasteiger charge is -2.39. The maximum atomic E-state index is 12.8. The van der Waals surface area contributed by atoms with Gasteiger partial charge in [-0.15, -0.1) is 0 Å². The maximum absolute atomic E-state index is 12.8. The Hall–Kier alpha value is -9.67. The molecule has 0 amide bonds. The van der Waals surface area contributed by atoms with E-state index in [9.17, 15) is 24.0 Å². The summed E-state index contributed by atoms with van der Waals surface area (Å²) < 4.78 is 28.8. The van der Waals surface area contributed by atoms with E-state index in [1.54, 1.807) is 0 Å². The van der Waals surface area contributed by atoms with Gasteiger partial charge in [-0.05, 0) is 225 Å². The van der Waals surface area contributed by atoms with E-state index in [4.69, 9.17) is 23.7 Å². The van der Waals surface area contributed by atoms with Gasteiger partial charge in [-0.3, -0.25) is 24.0 Å². The summed E-state index contributed by atoms with van der Waals surface area (Å²) in [5.41, 5.74) is 6.12. The highest BCUT2D eigenvalue weighted by atomic mass is 16.6. The third kappa shape index (κ3) is 21.3. The summed E-state index contributed by atoms with van der Waals surface area (Å²) in [6.45, 7) is 37.4. The molecule has 104 heavy (non-hydrogen) atoms. The molecule has 0 radical (unpaired) electrons. The number of fused-ring (bicyclic) bond motifs is 5. The minimum atomic E-state index is -0.727. The normalized spacial score (nSPS) is 12.9. The Kier molecular flexibility index (Phi) is 28.0. The molecular weight excluding hydrogens is 1290 g/mol. The molecule has 0 saturated carbocycles. The summed E-state index contributed by atoms with van der Waals surface area (Å²) in [4.78, 5) is 61.6. The van der Waals surface area contributed by atoms with Gasteiger partial charge in [-0.1, -0.05) is 253 Å². The molecule has 10 nitrogen and oxygen atoms in total. The van der Waals surface area contributed by atoms with Crippen molar-refractivity contribution in [2.45, 2.75) is 200 Å². The van der Waals surface area contributed by atoms with Crippen LogP contribution in [0.4, 0.5) is 0 Å². The number of rotatable bonds is 20. The molecule has 1 aliphatic carbocycles. The van der Waals surface area contributed by atoms with E-state index in [-0.39, 0.29) is 42.1 Å². The quantitative estimate of drug-likeness (QED) is 0.0537. The van der Waals surface area contributed by atoms with E-state index < -0.39 is 38.3 Å². The predicted molar refractivity (Wildman–Crippen MR) is 425 cm³/mol. The van der Waals surface area contributed by atoms with Gasteiger partial charge in [0.15, 0.2) is 11.7 Å². The minimum Gasteiger partial charge on any atom is -0.460 e. The smallest absolute Gasteiger partial charge is 0.312 e. The summed E-state index contributed by atoms with van der Waals surface area (Å²) in [5.74, 6) is -0.733. The van der Waals surface area contributed by atoms with Gasteiger partial charge in [-0.25, -0.2) is 0 Å². The molecule has 0 aromatic heterocycles. The fourth-order valence-electron chi connectivity index (χ4n) is 11.2. The van der Waals surface area contributed by atoms with Crippen molar-refractivity contribution in [3.63, 3.8) is 0 Å². The van der Waals surface area contributed by atoms with Gasteiger partial charge >= 0.3 is 29.8 Å². The molecular formula is C94H112O10. The number of hydrogen-bond donors (Lipinski definition) is 0. The van der Waals surface area contributed by atoms with Gasteiger partial charge in [-0.2, -0.15) is 0 Å². The lowest BCUT2D eigenvalue weighted by Crippen LogP contribution is -2.39. The summed E-state index contributed by atoms with van der Waals surface area (Å²) in [5, 5.41) is 7.09. The van der Waals surface area contributed by atoms with Crippen molar-refractivity contribution < 1.29 is 47.7 Å². The Morgan fingerprint density at radius 2 is 0.731 bits per heavy atom. The molecule has 1 unspecified atom stereocenters. The van der Waals surface area contributed by atoms with Gasteiger partial charge in [0, 0.05) is 11.1 Å². The minimum absolute atomic E-state index is 0.136. The van der Waals surface area contributed by atoms with Crippen LogP contribution in [0.5, 0.6) is 0 Å². The summed E-state index contributed by atoms with van der Waals surface area (Å²) >= 11 is 0. The van der Waals surface area contributed by atoms with E-state index in [1.807, 2.05) is 271 Å². The zero-order chi connectivity index (χ0) is 76.3. The van der Waals surface area contributed by atoms with Gasteiger partial charge in [0.2, 0.25) is 0 Å². The van der Waals surface area contributed by atoms with E-state index in [0.717, 1.165) is 82.9 Å². The topological polar surface area (TPSA) is 132 Å². The Morgan fingerprint density at radius 1 is 0.365 bits per heavy atom. The third-order valence-electron chi connectivity index (χ3n) is 20.9. The van der Waals surface area contributed by atoms with Crippen LogP contribution in [-0.4, -0.2) is 29.8 Å². The van der Waals surface area contributed by atoms with Crippen molar-refractivity contribution in [1.29, 1.82) is 0 Å². The molecule has 0 spiro atoms. The lowest BCUT2D eigenvalue weighted by atomic mass is 9.75. The first-order valence-electron chi connectivity index (χ1n) is 36.9. The first kappa shape index (κ1) is 81.6. The van der Waals surface area contributed by atoms with Crippen LogP contribution < -0.4 is 0 Å². The highest BCUT2D eigenvalue weighted by Crippen LogP contribution is 2.44. The molecule has 0 aliphatic heterocycles. The second kappa shape index (κ2) is 35.7. The van der Waals surface area contributed by atoms with E-state index in [2.05, 4.69) is 97.1 Å². The van der Waals surface area contributed by atoms with Gasteiger partial charge in [0.05, 0.1) is 27.1 Å². The van der Waals surface area contributed by atoms with Crippen LogP contribution in [0.25, 0.3) is 32.3 Å². The number of carbonyl (C=O) groups excluding carboxylic acids is 5. The van der Waals surface area contributed by atoms with E-state index in [0.29, 0.717) is 6.61 Å². The molecule has 10 heteroatoms. The Bertz CT molecular complexity index is 4410. The number of esters is 5. The van der Waals surface area contributed by atoms with Gasteiger partial charge in [0.25, 0.3) is 0 Å². The van der Waals surface area contributed by atoms with Crippen LogP contribution in [0, 0.1) is 27.1 Å². The summed E-state index contributed by atoms with van der Waals surface area (Å²) in [6.07, 6.45) is 4.13. The first-order valence-corrected chi connectivity index (χ1v) is 36.9. The van der Waals surface area contributed by atoms with Crippen molar-refractivity contribution in [2.24, 2.45) is 27.1 Å². The lowest BCUT2D eigenvalue weighted by molar-refractivity contribution is -0.169. The third-order valence-corrected chi connectivity index (χ3v) is 20.9. The Morgan fingerprint density at radius 3 is 1.20 bits per heavy atom. The molecule has 0 heterocycles. The standard InChI is InChI=1S/C21H24O2.C19H24O2.C19H22O2.C18H22O2.C17H20O2/c1-5-20(2,3)19(22)23-21(4)17-12-8-6-10-15(17)14-16-11-7-9-13-18(16)21;1-6-18(2,3)17(20)21-19(4,5)16-12-11-14-9-7-8-10-15(14)13-16;1-4-19(2,3)18(20)21-17(15-11-7-5-8-12-15)16-13-9-6-10-14-16;1-5-18(3,4)17(19)20-13(2)15-11-10-14-8-6-7-9-16(14)12-15;1-4-17(2,3)16(18)19-12-13-9-10-14-7-5-6-8-15(14)11-13/h6-13H,5,14H2,1-4H3;7-13H,6H2,1-5H3;5-14,17H,4H2,1-3H3;6-13H,5H2,1-4H3;5-11H,4,12H2,1-3H3. The van der Waals surface area contributed by atoms with Crippen molar-refractivity contribution in [2.75, 3.05) is 0 Å². The largest absolute Gasteiger partial charge is 0.460 e. The number of benzene rings is 10. The molecule has 548 valence electrons. The SMILES string of the molecule is CCC(C)(C)C(=O)OC(C)(C)c1ccc2ccccc2c1.CCC(C)(C)C(=O)OC(C)c1ccc2ccccc2c1.CCC(C)(C)C(=O)OC(c1ccccc1)c1ccccc1.CCC(C)(C)C(=O)OC1(C)c2ccccc2Cc2ccccc21.CCC(C)(C)C(=O)OCc1ccc2ccccc2c1. The van der Waals surface area contributed by atoms with Gasteiger partial charge in [0.1, 0.15) is 18.3 Å². The van der Waals surface area contributed by atoms with E-state index in [1.165, 1.54) is 38.1 Å². The first-order chi connectivity index (χ1) is 49.1. The second-order valence-electron chi connectivity index (χ2n) is 31.1. The molecule has 0 fully saturated rings. The van der Waals surface area contributed by atoms with Crippen molar-refractivity contribution in [3.05, 3.63) is 287 Å². The van der Waals surface area contributed by atoms with Gasteiger partial charge < -0.3 is 23.7 Å². The monoisotopic (exact) mass is 1400 g/mol. The fraction of sp³-hybridized carbons (Fsp3) is 0.372. The van der Waals surface area contributed by atoms with E-state index >= 15 is 0 Å². The average molecular weight is 1400 g/mol. The summed E-state index contributed by atoms with van der Waals surface area (Å²) in [6, 6.07) is 79.4. The van der Waals surface area contributed by atoms with Crippen molar-refractivity contribution >= 4 is 62.2 Å². The van der Waals surface area contributed by atoms with Crippen LogP contribution in [-0.2, 0) is 71.9 Å². The highest BCUT2D eigenvalue weighted by molar-refractivity contribution is 5.86. The molecule has 1 aliphatic rings. The number of hydrogen-bond acceptors (Lipinski definition) is 10. The molecule has 1 atom stereocenters. The zero-order valence-electron chi connectivity index (χ0n) is 65.2. The van der Waals surface area contributed by atoms with Crippen LogP contribution in [0.1, 0.15) is 226 Å².